The minimum absolute atomic E-state index is 0.157. The van der Waals surface area contributed by atoms with Crippen LogP contribution in [0.1, 0.15) is 194 Å². The zero-order chi connectivity index (χ0) is 32.4. The Labute approximate surface area is 273 Å². The van der Waals surface area contributed by atoms with E-state index in [2.05, 4.69) is 43.5 Å². The third-order valence-corrected chi connectivity index (χ3v) is 8.84. The maximum absolute atomic E-state index is 12.4. The average molecular weight is 622 g/mol. The van der Waals surface area contributed by atoms with Gasteiger partial charge in [-0.1, -0.05) is 173 Å². The highest BCUT2D eigenvalue weighted by Gasteiger charge is 2.26. The molecule has 0 bridgehead atoms. The van der Waals surface area contributed by atoms with E-state index in [-0.39, 0.29) is 12.5 Å². The Bertz CT molecular complexity index is 650. The van der Waals surface area contributed by atoms with Gasteiger partial charge in [0, 0.05) is 6.42 Å². The first kappa shape index (κ1) is 42.8. The predicted molar refractivity (Wildman–Crippen MR) is 190 cm³/mol. The van der Waals surface area contributed by atoms with Crippen LogP contribution >= 0.6 is 0 Å². The number of aliphatic hydroxyl groups excluding tert-OH is 3. The summed E-state index contributed by atoms with van der Waals surface area (Å²) in [5.41, 5.74) is 0. The van der Waals surface area contributed by atoms with Crippen molar-refractivity contribution in [3.8, 4) is 0 Å². The molecule has 0 rings (SSSR count). The fourth-order valence-electron chi connectivity index (χ4n) is 5.80. The number of amides is 1. The molecule has 0 spiro atoms. The van der Waals surface area contributed by atoms with Crippen LogP contribution < -0.4 is 5.32 Å². The van der Waals surface area contributed by atoms with Gasteiger partial charge in [0.15, 0.2) is 0 Å². The van der Waals surface area contributed by atoms with E-state index in [0.717, 1.165) is 44.9 Å². The van der Waals surface area contributed by atoms with E-state index >= 15 is 0 Å². The Kier molecular flexibility index (Phi) is 33.8. The summed E-state index contributed by atoms with van der Waals surface area (Å²) in [7, 11) is 0. The molecule has 0 aromatic heterocycles. The molecular formula is C39H75NO4. The number of rotatable bonds is 34. The first-order valence-electron chi connectivity index (χ1n) is 19.1. The smallest absolute Gasteiger partial charge is 0.220 e. The summed E-state index contributed by atoms with van der Waals surface area (Å²) in [5.74, 6) is -0.157. The summed E-state index contributed by atoms with van der Waals surface area (Å²) >= 11 is 0. The molecule has 0 aromatic rings. The van der Waals surface area contributed by atoms with E-state index in [0.29, 0.717) is 12.8 Å². The van der Waals surface area contributed by atoms with E-state index in [1.165, 1.54) is 122 Å². The molecule has 5 heteroatoms. The van der Waals surface area contributed by atoms with Crippen LogP contribution in [0.25, 0.3) is 0 Å². The van der Waals surface area contributed by atoms with Gasteiger partial charge in [-0.25, -0.2) is 0 Å². The van der Waals surface area contributed by atoms with Crippen LogP contribution in [0.4, 0.5) is 0 Å². The largest absolute Gasteiger partial charge is 0.394 e. The highest BCUT2D eigenvalue weighted by molar-refractivity contribution is 5.76. The van der Waals surface area contributed by atoms with Gasteiger partial charge in [0.25, 0.3) is 0 Å². The standard InChI is InChI=1S/C39H75NO4/c1-3-5-7-9-11-13-15-17-19-21-23-25-27-29-31-33-37(42)39(44)36(35-41)40-38(43)34-32-30-28-26-24-22-20-18-16-14-12-10-8-6-4-2/h12,14,16,18,36-37,39,41-42,44H,3-11,13,15,17,19-35H2,1-2H3,(H,40,43)/b14-12-,18-16-. The second kappa shape index (κ2) is 34.7. The Morgan fingerprint density at radius 2 is 0.955 bits per heavy atom. The summed E-state index contributed by atoms with van der Waals surface area (Å²) in [6, 6.07) is -0.812. The van der Waals surface area contributed by atoms with Crippen molar-refractivity contribution < 1.29 is 20.1 Å². The Balaban J connectivity index is 3.70. The first-order valence-corrected chi connectivity index (χ1v) is 19.1. The van der Waals surface area contributed by atoms with Crippen molar-refractivity contribution in [3.05, 3.63) is 24.3 Å². The lowest BCUT2D eigenvalue weighted by molar-refractivity contribution is -0.124. The van der Waals surface area contributed by atoms with Crippen LogP contribution in [0.2, 0.25) is 0 Å². The molecule has 4 N–H and O–H groups in total. The molecule has 0 saturated carbocycles. The summed E-state index contributed by atoms with van der Waals surface area (Å²) in [4.78, 5) is 12.4. The van der Waals surface area contributed by atoms with Crippen LogP contribution in [-0.4, -0.2) is 46.1 Å². The summed E-state index contributed by atoms with van der Waals surface area (Å²) in [6.07, 6.45) is 39.8. The molecule has 0 aliphatic rings. The molecule has 0 aliphatic heterocycles. The van der Waals surface area contributed by atoms with Crippen molar-refractivity contribution in [1.82, 2.24) is 5.32 Å². The third-order valence-electron chi connectivity index (χ3n) is 8.84. The molecule has 0 aliphatic carbocycles. The van der Waals surface area contributed by atoms with Crippen molar-refractivity contribution in [2.24, 2.45) is 0 Å². The normalized spacial score (nSPS) is 14.0. The maximum atomic E-state index is 12.4. The molecule has 0 aromatic carbocycles. The molecule has 0 fully saturated rings. The van der Waals surface area contributed by atoms with Gasteiger partial charge in [0.05, 0.1) is 18.8 Å². The van der Waals surface area contributed by atoms with Crippen LogP contribution in [0.3, 0.4) is 0 Å². The summed E-state index contributed by atoms with van der Waals surface area (Å²) < 4.78 is 0. The molecule has 0 radical (unpaired) electrons. The third kappa shape index (κ3) is 29.5. The lowest BCUT2D eigenvalue weighted by Gasteiger charge is -2.26. The number of aliphatic hydroxyl groups is 3. The number of unbranched alkanes of at least 4 members (excludes halogenated alkanes) is 23. The van der Waals surface area contributed by atoms with E-state index < -0.39 is 18.2 Å². The molecule has 0 saturated heterocycles. The highest BCUT2D eigenvalue weighted by Crippen LogP contribution is 2.16. The highest BCUT2D eigenvalue weighted by atomic mass is 16.3. The van der Waals surface area contributed by atoms with Gasteiger partial charge in [0.2, 0.25) is 5.91 Å². The lowest BCUT2D eigenvalue weighted by Crippen LogP contribution is -2.50. The van der Waals surface area contributed by atoms with Crippen molar-refractivity contribution in [1.29, 1.82) is 0 Å². The van der Waals surface area contributed by atoms with Gasteiger partial charge in [-0.15, -0.1) is 0 Å². The monoisotopic (exact) mass is 622 g/mol. The number of nitrogens with one attached hydrogen (secondary N) is 1. The quantitative estimate of drug-likeness (QED) is 0.0425. The SMILES string of the molecule is CCCCC/C=C\C=C/CCCCCCCCC(=O)NC(CO)C(O)C(O)CCCCCCCCCCCCCCCCC. The zero-order valence-corrected chi connectivity index (χ0v) is 29.3. The van der Waals surface area contributed by atoms with Crippen LogP contribution in [-0.2, 0) is 4.79 Å². The van der Waals surface area contributed by atoms with Crippen LogP contribution in [0.5, 0.6) is 0 Å². The van der Waals surface area contributed by atoms with Crippen molar-refractivity contribution in [2.45, 2.75) is 212 Å². The molecule has 3 atom stereocenters. The molecule has 5 nitrogen and oxygen atoms in total. The predicted octanol–water partition coefficient (Wildman–Crippen LogP) is 10.3. The van der Waals surface area contributed by atoms with Gasteiger partial charge in [-0.2, -0.15) is 0 Å². The van der Waals surface area contributed by atoms with Gasteiger partial charge in [-0.05, 0) is 38.5 Å². The van der Waals surface area contributed by atoms with Gasteiger partial charge < -0.3 is 20.6 Å². The van der Waals surface area contributed by atoms with Gasteiger partial charge >= 0.3 is 0 Å². The average Bonchev–Trinajstić information content (AvgIpc) is 3.03. The molecule has 260 valence electrons. The Morgan fingerprint density at radius 1 is 0.568 bits per heavy atom. The molecule has 0 heterocycles. The van der Waals surface area contributed by atoms with Crippen LogP contribution in [0.15, 0.2) is 24.3 Å². The second-order valence-electron chi connectivity index (χ2n) is 13.2. The van der Waals surface area contributed by atoms with Crippen molar-refractivity contribution >= 4 is 5.91 Å². The van der Waals surface area contributed by atoms with Gasteiger partial charge in [-0.3, -0.25) is 4.79 Å². The maximum Gasteiger partial charge on any atom is 0.220 e. The minimum Gasteiger partial charge on any atom is -0.394 e. The number of hydrogen-bond acceptors (Lipinski definition) is 4. The van der Waals surface area contributed by atoms with Crippen molar-refractivity contribution in [3.63, 3.8) is 0 Å². The Hall–Kier alpha value is -1.17. The Morgan fingerprint density at radius 3 is 1.43 bits per heavy atom. The zero-order valence-electron chi connectivity index (χ0n) is 29.3. The molecule has 3 unspecified atom stereocenters. The molecular weight excluding hydrogens is 546 g/mol. The number of carbonyl (C=O) groups is 1. The van der Waals surface area contributed by atoms with E-state index in [1.54, 1.807) is 0 Å². The fraction of sp³-hybridized carbons (Fsp3) is 0.872. The van der Waals surface area contributed by atoms with Gasteiger partial charge in [0.1, 0.15) is 6.10 Å². The first-order chi connectivity index (χ1) is 21.6. The summed E-state index contributed by atoms with van der Waals surface area (Å²) in [5, 5.41) is 33.4. The number of carbonyl (C=O) groups excluding carboxylic acids is 1. The fourth-order valence-corrected chi connectivity index (χ4v) is 5.80. The summed E-state index contributed by atoms with van der Waals surface area (Å²) in [6.45, 7) is 4.13. The topological polar surface area (TPSA) is 89.8 Å². The van der Waals surface area contributed by atoms with Crippen molar-refractivity contribution in [2.75, 3.05) is 6.61 Å². The van der Waals surface area contributed by atoms with E-state index in [1.807, 2.05) is 0 Å². The number of allylic oxidation sites excluding steroid dienone is 4. The number of hydrogen-bond donors (Lipinski definition) is 4. The second-order valence-corrected chi connectivity index (χ2v) is 13.2. The molecule has 44 heavy (non-hydrogen) atoms. The lowest BCUT2D eigenvalue weighted by atomic mass is 9.99. The minimum atomic E-state index is -1.14. The van der Waals surface area contributed by atoms with E-state index in [9.17, 15) is 20.1 Å². The molecule has 1 amide bonds. The van der Waals surface area contributed by atoms with E-state index in [4.69, 9.17) is 0 Å². The van der Waals surface area contributed by atoms with Crippen LogP contribution in [0, 0.1) is 0 Å².